The minimum Gasteiger partial charge on any atom is -0.481 e. The van der Waals surface area contributed by atoms with Gasteiger partial charge in [-0.1, -0.05) is 20.8 Å². The number of hydrogen-bond donors (Lipinski definition) is 2. The first-order valence-electron chi connectivity index (χ1n) is 17.1. The number of alkyl halides is 3. The highest BCUT2D eigenvalue weighted by atomic mass is 19.4. The van der Waals surface area contributed by atoms with Crippen molar-refractivity contribution in [2.24, 2.45) is 16.2 Å². The molecular weight excluding hydrogens is 653 g/mol. The zero-order valence-corrected chi connectivity index (χ0v) is 31.4. The molecule has 49 heavy (non-hydrogen) atoms. The quantitative estimate of drug-likeness (QED) is 0.0684. The number of rotatable bonds is 21. The second-order valence-electron chi connectivity index (χ2n) is 13.5. The summed E-state index contributed by atoms with van der Waals surface area (Å²) in [5.74, 6) is -2.25. The smallest absolute Gasteiger partial charge is 0.425 e. The van der Waals surface area contributed by atoms with Crippen molar-refractivity contribution in [3.8, 4) is 0 Å². The number of aliphatic carboxylic acids is 1. The maximum absolute atomic E-state index is 12.0. The lowest BCUT2D eigenvalue weighted by molar-refractivity contribution is -0.221. The normalized spacial score (nSPS) is 12.3. The van der Waals surface area contributed by atoms with E-state index in [9.17, 15) is 37.1 Å². The van der Waals surface area contributed by atoms with Gasteiger partial charge < -0.3 is 29.2 Å². The van der Waals surface area contributed by atoms with Crippen LogP contribution in [0, 0.1) is 16.2 Å². The summed E-state index contributed by atoms with van der Waals surface area (Å²) in [5, 5.41) is 16.9. The molecule has 290 valence electrons. The molecule has 0 fully saturated rings. The topological polar surface area (TPSA) is 163 Å². The van der Waals surface area contributed by atoms with Crippen molar-refractivity contribution in [1.29, 1.82) is 0 Å². The average Bonchev–Trinajstić information content (AvgIpc) is 3.02. The Hall–Kier alpha value is -2.90. The molecule has 14 heteroatoms. The molecule has 0 spiro atoms. The number of carboxylic acid groups (broad SMARTS) is 1. The first-order chi connectivity index (χ1) is 22.4. The fourth-order valence-corrected chi connectivity index (χ4v) is 2.88. The molecule has 0 heterocycles. The second-order valence-corrected chi connectivity index (χ2v) is 13.5. The Labute approximate surface area is 291 Å². The van der Waals surface area contributed by atoms with E-state index in [1.165, 1.54) is 0 Å². The minimum absolute atomic E-state index is 0.0995. The predicted molar refractivity (Wildman–Crippen MR) is 178 cm³/mol. The van der Waals surface area contributed by atoms with Crippen LogP contribution < -0.4 is 0 Å². The first-order valence-corrected chi connectivity index (χ1v) is 17.1. The number of unbranched alkanes of at least 4 members (excludes halogenated alkanes) is 4. The number of carbonyl (C=O) groups is 5. The van der Waals surface area contributed by atoms with Crippen molar-refractivity contribution in [3.63, 3.8) is 0 Å². The molecule has 0 saturated carbocycles. The monoisotopic (exact) mass is 716 g/mol. The van der Waals surface area contributed by atoms with Gasteiger partial charge in [0.1, 0.15) is 6.61 Å². The third kappa shape index (κ3) is 26.6. The highest BCUT2D eigenvalue weighted by Gasteiger charge is 2.41. The van der Waals surface area contributed by atoms with Crippen molar-refractivity contribution in [2.45, 2.75) is 152 Å². The summed E-state index contributed by atoms with van der Waals surface area (Å²) >= 11 is 0. The van der Waals surface area contributed by atoms with Crippen LogP contribution in [0.5, 0.6) is 0 Å². The summed E-state index contributed by atoms with van der Waals surface area (Å²) in [7, 11) is 0. The van der Waals surface area contributed by atoms with Crippen molar-refractivity contribution >= 4 is 29.8 Å². The van der Waals surface area contributed by atoms with E-state index in [1.807, 2.05) is 41.5 Å². The van der Waals surface area contributed by atoms with E-state index < -0.39 is 40.5 Å². The molecule has 0 saturated heterocycles. The van der Waals surface area contributed by atoms with E-state index in [4.69, 9.17) is 24.4 Å². The third-order valence-electron chi connectivity index (χ3n) is 7.94. The molecular formula is C35H63F3O11. The van der Waals surface area contributed by atoms with Gasteiger partial charge in [-0.25, -0.2) is 0 Å². The molecule has 0 aromatic heterocycles. The van der Waals surface area contributed by atoms with Crippen LogP contribution in [-0.2, 0) is 42.9 Å². The van der Waals surface area contributed by atoms with Crippen molar-refractivity contribution in [3.05, 3.63) is 0 Å². The van der Waals surface area contributed by atoms with Gasteiger partial charge in [-0.2, -0.15) is 13.2 Å². The summed E-state index contributed by atoms with van der Waals surface area (Å²) in [6, 6.07) is 0. The van der Waals surface area contributed by atoms with Crippen LogP contribution in [0.25, 0.3) is 0 Å². The highest BCUT2D eigenvalue weighted by molar-refractivity contribution is 5.76. The van der Waals surface area contributed by atoms with Crippen molar-refractivity contribution in [2.75, 3.05) is 26.4 Å². The highest BCUT2D eigenvalue weighted by Crippen LogP contribution is 2.28. The van der Waals surface area contributed by atoms with Crippen molar-refractivity contribution < 1.29 is 66.3 Å². The number of carbonyl (C=O) groups excluding carboxylic acids is 4. The number of halogens is 3. The van der Waals surface area contributed by atoms with Gasteiger partial charge in [0.25, 0.3) is 0 Å². The Bertz CT molecular complexity index is 961. The Balaban J connectivity index is -0.000000715. The van der Waals surface area contributed by atoms with Crippen LogP contribution in [-0.4, -0.2) is 78.8 Å². The van der Waals surface area contributed by atoms with E-state index in [1.54, 1.807) is 20.8 Å². The maximum atomic E-state index is 12.0. The van der Waals surface area contributed by atoms with Crippen LogP contribution in [0.4, 0.5) is 13.2 Å². The molecule has 0 amide bonds. The lowest BCUT2D eigenvalue weighted by Gasteiger charge is -2.24. The lowest BCUT2D eigenvalue weighted by atomic mass is 9.90. The fourth-order valence-electron chi connectivity index (χ4n) is 2.88. The molecule has 0 rings (SSSR count). The van der Waals surface area contributed by atoms with Gasteiger partial charge in [0.15, 0.2) is 6.10 Å². The fraction of sp³-hybridized carbons (Fsp3) is 0.857. The second kappa shape index (κ2) is 26.0. The van der Waals surface area contributed by atoms with E-state index in [0.29, 0.717) is 45.3 Å². The van der Waals surface area contributed by atoms with E-state index in [2.05, 4.69) is 4.74 Å². The number of hydrogen-bond acceptors (Lipinski definition) is 10. The van der Waals surface area contributed by atoms with Gasteiger partial charge in [-0.3, -0.25) is 24.0 Å². The number of ether oxygens (including phenoxy) is 4. The summed E-state index contributed by atoms with van der Waals surface area (Å²) < 4.78 is 55.4. The molecule has 0 aromatic rings. The van der Waals surface area contributed by atoms with Crippen LogP contribution in [0.3, 0.4) is 0 Å². The maximum Gasteiger partial charge on any atom is 0.425 e. The molecule has 0 aliphatic rings. The standard InChI is InChI=1S/C18H32O6.C9H15F3O2.C8H16O3/c1-4-18(2,3)17(22)24-14-10-6-8-12-16(21)23-13-9-5-7-11-15(19)20;1-5-8(3,4)7(13)14-6(2)9(10,11)12;1-4-8(2,3)7(10)11-6-5-9/h4-14H2,1-3H3,(H,19,20);6H,5H2,1-4H3;9H,4-6H2,1-3H3. The summed E-state index contributed by atoms with van der Waals surface area (Å²) in [6.45, 7) is 17.7. The number of carboxylic acids is 1. The predicted octanol–water partition coefficient (Wildman–Crippen LogP) is 7.59. The number of aliphatic hydroxyl groups excluding tert-OH is 1. The average molecular weight is 717 g/mol. The van der Waals surface area contributed by atoms with Gasteiger partial charge in [0.2, 0.25) is 0 Å². The Kier molecular flexibility index (Phi) is 26.8. The lowest BCUT2D eigenvalue weighted by Crippen LogP contribution is -2.36. The Morgan fingerprint density at radius 1 is 0.592 bits per heavy atom. The summed E-state index contributed by atoms with van der Waals surface area (Å²) in [5.41, 5.74) is -1.72. The van der Waals surface area contributed by atoms with Gasteiger partial charge in [0.05, 0.1) is 36.1 Å². The van der Waals surface area contributed by atoms with Crippen molar-refractivity contribution in [1.82, 2.24) is 0 Å². The van der Waals surface area contributed by atoms with Crippen LogP contribution in [0.1, 0.15) is 140 Å². The minimum atomic E-state index is -4.49. The van der Waals surface area contributed by atoms with E-state index in [0.717, 1.165) is 39.0 Å². The van der Waals surface area contributed by atoms with Gasteiger partial charge in [-0.05, 0) is 106 Å². The van der Waals surface area contributed by atoms with Gasteiger partial charge in [-0.15, -0.1) is 0 Å². The Morgan fingerprint density at radius 2 is 0.980 bits per heavy atom. The van der Waals surface area contributed by atoms with Gasteiger partial charge >= 0.3 is 36.0 Å². The van der Waals surface area contributed by atoms with Gasteiger partial charge in [0, 0.05) is 12.8 Å². The zero-order valence-electron chi connectivity index (χ0n) is 31.4. The zero-order chi connectivity index (χ0) is 38.9. The number of aliphatic hydroxyl groups is 1. The molecule has 2 N–H and O–H groups in total. The number of esters is 4. The molecule has 0 radical (unpaired) electrons. The van der Waals surface area contributed by atoms with E-state index in [-0.39, 0.29) is 37.5 Å². The molecule has 1 unspecified atom stereocenters. The molecule has 1 atom stereocenters. The SMILES string of the molecule is CCC(C)(C)C(=O)OC(C)C(F)(F)F.CCC(C)(C)C(=O)OCCCCCC(=O)OCCCCCC(=O)O.CCC(C)(C)C(=O)OCCO. The summed E-state index contributed by atoms with van der Waals surface area (Å²) in [6.07, 6.45) is 0.259. The molecule has 0 aromatic carbocycles. The largest absolute Gasteiger partial charge is 0.481 e. The van der Waals surface area contributed by atoms with Crippen LogP contribution in [0.15, 0.2) is 0 Å². The van der Waals surface area contributed by atoms with Crippen LogP contribution >= 0.6 is 0 Å². The summed E-state index contributed by atoms with van der Waals surface area (Å²) in [4.78, 5) is 55.9. The van der Waals surface area contributed by atoms with E-state index >= 15 is 0 Å². The van der Waals surface area contributed by atoms with Crippen LogP contribution in [0.2, 0.25) is 0 Å². The first kappa shape index (κ1) is 50.5. The molecule has 11 nitrogen and oxygen atoms in total. The molecule has 0 aliphatic carbocycles. The third-order valence-corrected chi connectivity index (χ3v) is 7.94. The molecule has 0 aliphatic heterocycles. The molecule has 0 bridgehead atoms. The Morgan fingerprint density at radius 3 is 1.37 bits per heavy atom.